The average molecular weight is 452 g/mol. The molecule has 0 spiro atoms. The third-order valence-electron chi connectivity index (χ3n) is 6.54. The van der Waals surface area contributed by atoms with Gasteiger partial charge in [0.25, 0.3) is 10.0 Å². The first-order valence-corrected chi connectivity index (χ1v) is 12.4. The predicted molar refractivity (Wildman–Crippen MR) is 122 cm³/mol. The highest BCUT2D eigenvalue weighted by atomic mass is 32.2. The summed E-state index contributed by atoms with van der Waals surface area (Å²) >= 11 is 0. The molecule has 1 aliphatic heterocycles. The quantitative estimate of drug-likeness (QED) is 0.618. The molecule has 0 aromatic heterocycles. The van der Waals surface area contributed by atoms with Crippen LogP contribution in [-0.4, -0.2) is 28.0 Å². The van der Waals surface area contributed by atoms with E-state index in [0.717, 1.165) is 23.8 Å². The number of ether oxygens (including phenoxy) is 2. The van der Waals surface area contributed by atoms with E-state index in [2.05, 4.69) is 4.72 Å². The smallest absolute Gasteiger partial charge is 0.264 e. The number of hydrogen-bond acceptors (Lipinski definition) is 5. The van der Waals surface area contributed by atoms with Gasteiger partial charge < -0.3 is 9.47 Å². The maximum absolute atomic E-state index is 13.3. The molecule has 0 saturated heterocycles. The Bertz CT molecular complexity index is 1290. The fourth-order valence-electron chi connectivity index (χ4n) is 4.68. The zero-order chi connectivity index (χ0) is 22.3. The molecule has 7 heteroatoms. The second-order valence-electron chi connectivity index (χ2n) is 8.36. The van der Waals surface area contributed by atoms with Crippen molar-refractivity contribution >= 4 is 26.7 Å². The number of nitrogens with one attached hydrogen (secondary N) is 1. The summed E-state index contributed by atoms with van der Waals surface area (Å²) in [6, 6.07) is 16.1. The largest absolute Gasteiger partial charge is 0.496 e. The SMILES string of the molecule is COc1ccc(C2CCC2)c2c1C(C(=O)NS(=O)(=O)c1cccc3ccccc13)CCO2. The minimum absolute atomic E-state index is 0.0893. The maximum Gasteiger partial charge on any atom is 0.264 e. The first-order valence-electron chi connectivity index (χ1n) is 10.9. The lowest BCUT2D eigenvalue weighted by atomic mass is 9.77. The van der Waals surface area contributed by atoms with Crippen molar-refractivity contribution in [3.05, 3.63) is 65.7 Å². The monoisotopic (exact) mass is 451 g/mol. The molecule has 5 rings (SSSR count). The van der Waals surface area contributed by atoms with Gasteiger partial charge in [0.2, 0.25) is 5.91 Å². The Morgan fingerprint density at radius 3 is 2.56 bits per heavy atom. The molecule has 1 fully saturated rings. The highest BCUT2D eigenvalue weighted by Gasteiger charge is 2.36. The van der Waals surface area contributed by atoms with Gasteiger partial charge in [-0.2, -0.15) is 0 Å². The summed E-state index contributed by atoms with van der Waals surface area (Å²) in [7, 11) is -2.51. The maximum atomic E-state index is 13.3. The van der Waals surface area contributed by atoms with E-state index in [1.807, 2.05) is 30.3 Å². The van der Waals surface area contributed by atoms with Gasteiger partial charge in [-0.3, -0.25) is 4.79 Å². The van der Waals surface area contributed by atoms with Crippen molar-refractivity contribution in [1.82, 2.24) is 4.72 Å². The van der Waals surface area contributed by atoms with E-state index in [1.54, 1.807) is 25.3 Å². The lowest BCUT2D eigenvalue weighted by molar-refractivity contribution is -0.121. The van der Waals surface area contributed by atoms with Crippen molar-refractivity contribution in [3.63, 3.8) is 0 Å². The number of rotatable bonds is 5. The summed E-state index contributed by atoms with van der Waals surface area (Å²) in [6.07, 6.45) is 3.75. The minimum Gasteiger partial charge on any atom is -0.496 e. The molecule has 1 amide bonds. The van der Waals surface area contributed by atoms with Crippen molar-refractivity contribution in [2.24, 2.45) is 0 Å². The number of carbonyl (C=O) groups is 1. The van der Waals surface area contributed by atoms with Gasteiger partial charge in [-0.25, -0.2) is 13.1 Å². The van der Waals surface area contributed by atoms with Crippen LogP contribution < -0.4 is 14.2 Å². The molecule has 0 radical (unpaired) electrons. The zero-order valence-electron chi connectivity index (χ0n) is 17.8. The second kappa shape index (κ2) is 8.13. The molecule has 3 aromatic carbocycles. The molecule has 32 heavy (non-hydrogen) atoms. The summed E-state index contributed by atoms with van der Waals surface area (Å²) in [5.41, 5.74) is 1.73. The normalized spacial score (nSPS) is 18.3. The van der Waals surface area contributed by atoms with Gasteiger partial charge in [-0.05, 0) is 48.3 Å². The van der Waals surface area contributed by atoms with Crippen molar-refractivity contribution in [2.75, 3.05) is 13.7 Å². The second-order valence-corrected chi connectivity index (χ2v) is 10.0. The molecule has 1 atom stereocenters. The van der Waals surface area contributed by atoms with Crippen LogP contribution in [0.4, 0.5) is 0 Å². The number of fused-ring (bicyclic) bond motifs is 2. The summed E-state index contributed by atoms with van der Waals surface area (Å²) in [5, 5.41) is 1.37. The van der Waals surface area contributed by atoms with Gasteiger partial charge in [0, 0.05) is 10.9 Å². The van der Waals surface area contributed by atoms with E-state index in [1.165, 1.54) is 12.5 Å². The Morgan fingerprint density at radius 2 is 1.81 bits per heavy atom. The van der Waals surface area contributed by atoms with Gasteiger partial charge in [0.05, 0.1) is 24.5 Å². The molecule has 1 unspecified atom stereocenters. The van der Waals surface area contributed by atoms with Gasteiger partial charge in [0.15, 0.2) is 0 Å². The van der Waals surface area contributed by atoms with Crippen LogP contribution in [0.3, 0.4) is 0 Å². The lowest BCUT2D eigenvalue weighted by Gasteiger charge is -2.33. The van der Waals surface area contributed by atoms with E-state index >= 15 is 0 Å². The Labute approximate surface area is 187 Å². The minimum atomic E-state index is -4.06. The average Bonchev–Trinajstić information content (AvgIpc) is 2.77. The molecule has 1 aliphatic carbocycles. The first kappa shape index (κ1) is 20.8. The van der Waals surface area contributed by atoms with E-state index in [9.17, 15) is 13.2 Å². The van der Waals surface area contributed by atoms with Gasteiger partial charge >= 0.3 is 0 Å². The Morgan fingerprint density at radius 1 is 1.03 bits per heavy atom. The van der Waals surface area contributed by atoms with Crippen molar-refractivity contribution < 1.29 is 22.7 Å². The summed E-state index contributed by atoms with van der Waals surface area (Å²) in [4.78, 5) is 13.4. The number of benzene rings is 3. The number of sulfonamides is 1. The van der Waals surface area contributed by atoms with Crippen LogP contribution in [0, 0.1) is 0 Å². The fraction of sp³-hybridized carbons (Fsp3) is 0.320. The molecular weight excluding hydrogens is 426 g/mol. The Kier molecular flexibility index (Phi) is 5.29. The van der Waals surface area contributed by atoms with Crippen LogP contribution in [0.1, 0.15) is 48.6 Å². The zero-order valence-corrected chi connectivity index (χ0v) is 18.7. The standard InChI is InChI=1S/C25H25NO5S/c1-30-21-13-12-19(17-7-4-8-17)24-23(21)20(14-15-31-24)25(27)26-32(28,29)22-11-5-9-16-6-2-3-10-18(16)22/h2-3,5-6,9-13,17,20H,4,7-8,14-15H2,1H3,(H,26,27). The molecule has 6 nitrogen and oxygen atoms in total. The van der Waals surface area contributed by atoms with E-state index in [0.29, 0.717) is 41.4 Å². The van der Waals surface area contributed by atoms with Crippen LogP contribution in [0.25, 0.3) is 10.8 Å². The molecule has 1 saturated carbocycles. The molecule has 166 valence electrons. The molecule has 3 aromatic rings. The Balaban J connectivity index is 1.51. The van der Waals surface area contributed by atoms with E-state index < -0.39 is 21.8 Å². The van der Waals surface area contributed by atoms with Gasteiger partial charge in [-0.15, -0.1) is 0 Å². The number of amides is 1. The van der Waals surface area contributed by atoms with Crippen molar-refractivity contribution in [3.8, 4) is 11.5 Å². The van der Waals surface area contributed by atoms with Crippen LogP contribution in [-0.2, 0) is 14.8 Å². The molecule has 0 bridgehead atoms. The molecule has 1 N–H and O–H groups in total. The molecule has 1 heterocycles. The van der Waals surface area contributed by atoms with E-state index in [-0.39, 0.29) is 4.90 Å². The summed E-state index contributed by atoms with van der Waals surface area (Å²) in [5.74, 6) is 0.411. The number of methoxy groups -OCH3 is 1. The third-order valence-corrected chi connectivity index (χ3v) is 7.95. The first-order chi connectivity index (χ1) is 15.5. The summed E-state index contributed by atoms with van der Waals surface area (Å²) < 4.78 is 40.3. The summed E-state index contributed by atoms with van der Waals surface area (Å²) in [6.45, 7) is 0.353. The van der Waals surface area contributed by atoms with Gasteiger partial charge in [0.1, 0.15) is 11.5 Å². The highest BCUT2D eigenvalue weighted by molar-refractivity contribution is 7.90. The molecular formula is C25H25NO5S. The number of hydrogen-bond donors (Lipinski definition) is 1. The van der Waals surface area contributed by atoms with Crippen molar-refractivity contribution in [2.45, 2.75) is 42.4 Å². The van der Waals surface area contributed by atoms with E-state index in [4.69, 9.17) is 9.47 Å². The highest BCUT2D eigenvalue weighted by Crippen LogP contribution is 2.49. The topological polar surface area (TPSA) is 81.7 Å². The van der Waals surface area contributed by atoms with Crippen LogP contribution >= 0.6 is 0 Å². The molecule has 2 aliphatic rings. The number of carbonyl (C=O) groups excluding carboxylic acids is 1. The van der Waals surface area contributed by atoms with Crippen LogP contribution in [0.5, 0.6) is 11.5 Å². The van der Waals surface area contributed by atoms with Crippen LogP contribution in [0.15, 0.2) is 59.5 Å². The van der Waals surface area contributed by atoms with Crippen molar-refractivity contribution in [1.29, 1.82) is 0 Å². The third kappa shape index (κ3) is 3.50. The van der Waals surface area contributed by atoms with Crippen LogP contribution in [0.2, 0.25) is 0 Å². The predicted octanol–water partition coefficient (Wildman–Crippen LogP) is 4.49. The Hall–Kier alpha value is -3.06. The fourth-order valence-corrected chi connectivity index (χ4v) is 5.93. The van der Waals surface area contributed by atoms with Gasteiger partial charge in [-0.1, -0.05) is 48.9 Å². The lowest BCUT2D eigenvalue weighted by Crippen LogP contribution is -2.37.